The van der Waals surface area contributed by atoms with Crippen molar-refractivity contribution in [3.8, 4) is 17.9 Å². The Hall–Kier alpha value is -3.32. The minimum atomic E-state index is -0.490. The van der Waals surface area contributed by atoms with Crippen LogP contribution in [0.2, 0.25) is 0 Å². The van der Waals surface area contributed by atoms with E-state index in [0.717, 1.165) is 0 Å². The Morgan fingerprint density at radius 2 is 1.97 bits per heavy atom. The number of fused-ring (bicyclic) bond motifs is 1. The highest BCUT2D eigenvalue weighted by molar-refractivity contribution is 6.10. The van der Waals surface area contributed by atoms with Crippen LogP contribution in [-0.4, -0.2) is 47.9 Å². The summed E-state index contributed by atoms with van der Waals surface area (Å²) in [5.74, 6) is 5.14. The summed E-state index contributed by atoms with van der Waals surface area (Å²) in [5.41, 5.74) is 1.60. The molecule has 0 saturated carbocycles. The van der Waals surface area contributed by atoms with Gasteiger partial charge in [0.25, 0.3) is 5.91 Å². The van der Waals surface area contributed by atoms with Crippen molar-refractivity contribution < 1.29 is 19.1 Å². The fraction of sp³-hybridized carbons (Fsp3) is 0.500. The van der Waals surface area contributed by atoms with Gasteiger partial charge in [-0.3, -0.25) is 14.4 Å². The molecule has 1 unspecified atom stereocenters. The maximum absolute atomic E-state index is 13.4. The molecule has 0 fully saturated rings. The lowest BCUT2D eigenvalue weighted by atomic mass is 10.0. The van der Waals surface area contributed by atoms with Gasteiger partial charge in [-0.15, -0.1) is 0 Å². The van der Waals surface area contributed by atoms with E-state index in [1.807, 2.05) is 13.8 Å². The number of anilines is 1. The molecule has 0 saturated heterocycles. The van der Waals surface area contributed by atoms with Gasteiger partial charge in [-0.1, -0.05) is 11.8 Å². The van der Waals surface area contributed by atoms with Crippen molar-refractivity contribution in [2.45, 2.75) is 65.5 Å². The zero-order valence-electron chi connectivity index (χ0n) is 18.6. The maximum atomic E-state index is 13.4. The maximum Gasteiger partial charge on any atom is 0.307 e. The molecule has 1 heterocycles. The fourth-order valence-electron chi connectivity index (χ4n) is 3.49. The molecular weight excluding hydrogens is 394 g/mol. The predicted molar refractivity (Wildman–Crippen MR) is 117 cm³/mol. The monoisotopic (exact) mass is 423 g/mol. The lowest BCUT2D eigenvalue weighted by molar-refractivity contribution is -0.144. The third kappa shape index (κ3) is 6.08. The normalized spacial score (nSPS) is 14.3. The SMILES string of the molecule is CCOC(=O)CC(C)N1CC(=O)N(C(C)C)c2ccc(C#CCCCC#N)cc2C1=O. The van der Waals surface area contributed by atoms with Crippen LogP contribution in [0.3, 0.4) is 0 Å². The zero-order chi connectivity index (χ0) is 23.0. The summed E-state index contributed by atoms with van der Waals surface area (Å²) in [6.07, 6.45) is 1.76. The van der Waals surface area contributed by atoms with Gasteiger partial charge in [0.2, 0.25) is 5.91 Å². The standard InChI is InChI=1S/C24H29N3O4/c1-5-31-23(29)14-18(4)26-16-22(28)27(17(2)3)21-12-11-19(15-20(21)24(26)30)10-8-6-7-9-13-25/h11-12,15,17-18H,5-7,9,14,16H2,1-4H3. The van der Waals surface area contributed by atoms with Gasteiger partial charge < -0.3 is 14.5 Å². The number of hydrogen-bond acceptors (Lipinski definition) is 5. The first kappa shape index (κ1) is 24.0. The quantitative estimate of drug-likeness (QED) is 0.381. The van der Waals surface area contributed by atoms with Crippen LogP contribution in [0.5, 0.6) is 0 Å². The van der Waals surface area contributed by atoms with Crippen LogP contribution < -0.4 is 4.90 Å². The number of unbranched alkanes of at least 4 members (excludes halogenated alkanes) is 2. The van der Waals surface area contributed by atoms with Gasteiger partial charge in [-0.25, -0.2) is 0 Å². The molecule has 0 radical (unpaired) electrons. The van der Waals surface area contributed by atoms with Gasteiger partial charge in [0, 0.05) is 30.5 Å². The molecule has 1 aromatic rings. The number of amides is 2. The highest BCUT2D eigenvalue weighted by Crippen LogP contribution is 2.29. The molecule has 0 aromatic heterocycles. The van der Waals surface area contributed by atoms with Crippen LogP contribution in [0.1, 0.15) is 69.3 Å². The summed E-state index contributed by atoms with van der Waals surface area (Å²) < 4.78 is 5.01. The molecular formula is C24H29N3O4. The van der Waals surface area contributed by atoms with E-state index in [-0.39, 0.29) is 37.4 Å². The van der Waals surface area contributed by atoms with E-state index in [9.17, 15) is 14.4 Å². The average molecular weight is 424 g/mol. The Bertz CT molecular complexity index is 936. The first-order valence-corrected chi connectivity index (χ1v) is 10.6. The minimum absolute atomic E-state index is 0.0161. The van der Waals surface area contributed by atoms with Crippen molar-refractivity contribution >= 4 is 23.5 Å². The van der Waals surface area contributed by atoms with Crippen LogP contribution in [0, 0.1) is 23.2 Å². The average Bonchev–Trinajstić information content (AvgIpc) is 2.82. The number of carbonyl (C=O) groups is 3. The summed E-state index contributed by atoms with van der Waals surface area (Å²) >= 11 is 0. The lowest BCUT2D eigenvalue weighted by Gasteiger charge is -2.28. The zero-order valence-corrected chi connectivity index (χ0v) is 18.6. The number of ether oxygens (including phenoxy) is 1. The number of carbonyl (C=O) groups excluding carboxylic acids is 3. The second kappa shape index (κ2) is 11.2. The molecule has 31 heavy (non-hydrogen) atoms. The van der Waals surface area contributed by atoms with Crippen LogP contribution in [0.4, 0.5) is 5.69 Å². The second-order valence-corrected chi connectivity index (χ2v) is 7.69. The van der Waals surface area contributed by atoms with E-state index in [1.54, 1.807) is 36.9 Å². The number of hydrogen-bond donors (Lipinski definition) is 0. The van der Waals surface area contributed by atoms with Gasteiger partial charge in [-0.05, 0) is 52.3 Å². The Balaban J connectivity index is 2.40. The summed E-state index contributed by atoms with van der Waals surface area (Å²) in [7, 11) is 0. The molecule has 0 bridgehead atoms. The Morgan fingerprint density at radius 1 is 1.23 bits per heavy atom. The molecule has 7 heteroatoms. The molecule has 1 atom stereocenters. The van der Waals surface area contributed by atoms with Crippen LogP contribution in [0.15, 0.2) is 18.2 Å². The summed E-state index contributed by atoms with van der Waals surface area (Å²) in [6, 6.07) is 6.71. The van der Waals surface area contributed by atoms with Gasteiger partial charge in [-0.2, -0.15) is 5.26 Å². The van der Waals surface area contributed by atoms with Crippen molar-refractivity contribution in [1.82, 2.24) is 4.90 Å². The Kier molecular flexibility index (Phi) is 8.63. The first-order chi connectivity index (χ1) is 14.8. The summed E-state index contributed by atoms with van der Waals surface area (Å²) in [5, 5.41) is 8.61. The van der Waals surface area contributed by atoms with Crippen LogP contribution in [-0.2, 0) is 14.3 Å². The van der Waals surface area contributed by atoms with E-state index >= 15 is 0 Å². The van der Waals surface area contributed by atoms with Crippen LogP contribution >= 0.6 is 0 Å². The molecule has 1 aromatic carbocycles. The predicted octanol–water partition coefficient (Wildman–Crippen LogP) is 3.27. The third-order valence-electron chi connectivity index (χ3n) is 4.96. The number of nitrogens with zero attached hydrogens (tertiary/aromatic N) is 3. The van der Waals surface area contributed by atoms with Crippen molar-refractivity contribution in [2.24, 2.45) is 0 Å². The number of esters is 1. The molecule has 2 amide bonds. The highest BCUT2D eigenvalue weighted by Gasteiger charge is 2.35. The van der Waals surface area contributed by atoms with Gasteiger partial charge in [0.15, 0.2) is 0 Å². The van der Waals surface area contributed by atoms with Crippen molar-refractivity contribution in [2.75, 3.05) is 18.1 Å². The molecule has 0 N–H and O–H groups in total. The van der Waals surface area contributed by atoms with Gasteiger partial charge in [0.1, 0.15) is 6.54 Å². The van der Waals surface area contributed by atoms with Crippen molar-refractivity contribution in [1.29, 1.82) is 5.26 Å². The van der Waals surface area contributed by atoms with E-state index in [0.29, 0.717) is 36.1 Å². The van der Waals surface area contributed by atoms with E-state index in [1.165, 1.54) is 4.90 Å². The number of nitriles is 1. The van der Waals surface area contributed by atoms with E-state index in [2.05, 4.69) is 17.9 Å². The van der Waals surface area contributed by atoms with Crippen molar-refractivity contribution in [3.05, 3.63) is 29.3 Å². The molecule has 0 spiro atoms. The molecule has 0 aliphatic carbocycles. The Labute approximate surface area is 184 Å². The molecule has 1 aliphatic rings. The molecule has 164 valence electrons. The largest absolute Gasteiger partial charge is 0.466 e. The third-order valence-corrected chi connectivity index (χ3v) is 4.96. The Morgan fingerprint density at radius 3 is 2.61 bits per heavy atom. The fourth-order valence-corrected chi connectivity index (χ4v) is 3.49. The lowest BCUT2D eigenvalue weighted by Crippen LogP contribution is -2.46. The molecule has 7 nitrogen and oxygen atoms in total. The topological polar surface area (TPSA) is 90.7 Å². The first-order valence-electron chi connectivity index (χ1n) is 10.6. The summed E-state index contributed by atoms with van der Waals surface area (Å²) in [4.78, 5) is 41.4. The molecule has 1 aliphatic heterocycles. The van der Waals surface area contributed by atoms with Crippen molar-refractivity contribution in [3.63, 3.8) is 0 Å². The van der Waals surface area contributed by atoms with Crippen LogP contribution in [0.25, 0.3) is 0 Å². The van der Waals surface area contributed by atoms with E-state index in [4.69, 9.17) is 10.00 Å². The van der Waals surface area contributed by atoms with E-state index < -0.39 is 12.0 Å². The van der Waals surface area contributed by atoms with Gasteiger partial charge in [0.05, 0.1) is 30.3 Å². The molecule has 2 rings (SSSR count). The van der Waals surface area contributed by atoms with Gasteiger partial charge >= 0.3 is 5.97 Å². The number of rotatable bonds is 7. The second-order valence-electron chi connectivity index (χ2n) is 7.69. The minimum Gasteiger partial charge on any atom is -0.466 e. The smallest absolute Gasteiger partial charge is 0.307 e. The summed E-state index contributed by atoms with van der Waals surface area (Å²) in [6.45, 7) is 7.41. The number of benzene rings is 1. The highest BCUT2D eigenvalue weighted by atomic mass is 16.5.